The molecule has 1 saturated carbocycles. The van der Waals surface area contributed by atoms with Crippen molar-refractivity contribution < 1.29 is 9.31 Å². The summed E-state index contributed by atoms with van der Waals surface area (Å²) in [6, 6.07) is 5.01. The Morgan fingerprint density at radius 1 is 1.20 bits per heavy atom. The highest BCUT2D eigenvalue weighted by molar-refractivity contribution is 5.63. The fourth-order valence-corrected chi connectivity index (χ4v) is 2.78. The van der Waals surface area contributed by atoms with Gasteiger partial charge in [0.2, 0.25) is 0 Å². The van der Waals surface area contributed by atoms with Crippen molar-refractivity contribution in [2.75, 3.05) is 18.0 Å². The molecule has 1 heterocycles. The smallest absolute Gasteiger partial charge is 0.295 e. The summed E-state index contributed by atoms with van der Waals surface area (Å²) in [5.74, 6) is -0.564. The lowest BCUT2D eigenvalue weighted by molar-refractivity contribution is -0.384. The van der Waals surface area contributed by atoms with Gasteiger partial charge < -0.3 is 10.2 Å². The highest BCUT2D eigenvalue weighted by Crippen LogP contribution is 2.31. The van der Waals surface area contributed by atoms with E-state index in [1.165, 1.54) is 25.0 Å². The van der Waals surface area contributed by atoms with Gasteiger partial charge in [-0.2, -0.15) is 0 Å². The van der Waals surface area contributed by atoms with E-state index in [0.29, 0.717) is 17.8 Å². The van der Waals surface area contributed by atoms with Crippen molar-refractivity contribution in [1.82, 2.24) is 5.32 Å². The topological polar surface area (TPSA) is 58.4 Å². The molecule has 0 unspecified atom stereocenters. The number of nitro benzene ring substituents is 1. The molecule has 0 amide bonds. The van der Waals surface area contributed by atoms with Gasteiger partial charge in [-0.05, 0) is 37.8 Å². The molecule has 108 valence electrons. The maximum absolute atomic E-state index is 13.2. The maximum atomic E-state index is 13.2. The maximum Gasteiger partial charge on any atom is 0.295 e. The fraction of sp³-hybridized carbons (Fsp3) is 0.571. The molecule has 0 spiro atoms. The molecule has 1 saturated heterocycles. The average molecular weight is 279 g/mol. The average Bonchev–Trinajstić information content (AvgIpc) is 3.24. The van der Waals surface area contributed by atoms with E-state index in [1.54, 1.807) is 0 Å². The van der Waals surface area contributed by atoms with Crippen molar-refractivity contribution in [2.24, 2.45) is 0 Å². The number of benzene rings is 1. The first-order valence-corrected chi connectivity index (χ1v) is 7.08. The fourth-order valence-electron chi connectivity index (χ4n) is 2.78. The monoisotopic (exact) mass is 279 g/mol. The molecular weight excluding hydrogens is 261 g/mol. The number of nitro groups is 1. The lowest BCUT2D eigenvalue weighted by Crippen LogP contribution is -2.43. The number of rotatable bonds is 4. The second-order valence-corrected chi connectivity index (χ2v) is 5.59. The number of piperidine rings is 1. The van der Waals surface area contributed by atoms with Crippen LogP contribution in [-0.2, 0) is 0 Å². The molecule has 1 aliphatic heterocycles. The Kier molecular flexibility index (Phi) is 3.56. The molecule has 0 atom stereocenters. The molecule has 0 radical (unpaired) electrons. The van der Waals surface area contributed by atoms with Gasteiger partial charge in [0.1, 0.15) is 11.5 Å². The largest absolute Gasteiger partial charge is 0.366 e. The SMILES string of the molecule is O=[N+]([O-])c1cc(F)ccc1N1CCC(NC2CC2)CC1. The quantitative estimate of drug-likeness (QED) is 0.679. The third kappa shape index (κ3) is 2.90. The Bertz CT molecular complexity index is 511. The molecule has 3 rings (SSSR count). The van der Waals surface area contributed by atoms with Gasteiger partial charge in [-0.3, -0.25) is 10.1 Å². The number of nitrogens with one attached hydrogen (secondary N) is 1. The Balaban J connectivity index is 1.69. The Labute approximate surface area is 116 Å². The third-order valence-corrected chi connectivity index (χ3v) is 4.02. The number of halogens is 1. The first-order chi connectivity index (χ1) is 9.63. The Morgan fingerprint density at radius 3 is 2.45 bits per heavy atom. The molecule has 20 heavy (non-hydrogen) atoms. The van der Waals surface area contributed by atoms with Crippen molar-refractivity contribution in [3.05, 3.63) is 34.1 Å². The summed E-state index contributed by atoms with van der Waals surface area (Å²) >= 11 is 0. The van der Waals surface area contributed by atoms with E-state index < -0.39 is 10.7 Å². The summed E-state index contributed by atoms with van der Waals surface area (Å²) in [6.45, 7) is 1.55. The normalized spacial score (nSPS) is 20.1. The lowest BCUT2D eigenvalue weighted by Gasteiger charge is -2.33. The Morgan fingerprint density at radius 2 is 1.85 bits per heavy atom. The van der Waals surface area contributed by atoms with Gasteiger partial charge in [0.05, 0.1) is 11.0 Å². The van der Waals surface area contributed by atoms with Crippen LogP contribution in [0.3, 0.4) is 0 Å². The van der Waals surface area contributed by atoms with Crippen molar-refractivity contribution in [3.8, 4) is 0 Å². The van der Waals surface area contributed by atoms with Crippen molar-refractivity contribution in [2.45, 2.75) is 37.8 Å². The van der Waals surface area contributed by atoms with E-state index in [0.717, 1.165) is 32.0 Å². The number of hydrogen-bond donors (Lipinski definition) is 1. The minimum absolute atomic E-state index is 0.140. The summed E-state index contributed by atoms with van der Waals surface area (Å²) < 4.78 is 13.2. The van der Waals surface area contributed by atoms with Gasteiger partial charge in [0, 0.05) is 25.2 Å². The molecule has 1 N–H and O–H groups in total. The molecule has 2 aliphatic rings. The van der Waals surface area contributed by atoms with Crippen molar-refractivity contribution in [1.29, 1.82) is 0 Å². The van der Waals surface area contributed by atoms with E-state index >= 15 is 0 Å². The Hall–Kier alpha value is -1.69. The molecule has 6 heteroatoms. The minimum atomic E-state index is -0.564. The van der Waals surface area contributed by atoms with Crippen molar-refractivity contribution in [3.63, 3.8) is 0 Å². The zero-order valence-corrected chi connectivity index (χ0v) is 11.2. The number of nitrogens with zero attached hydrogens (tertiary/aromatic N) is 2. The summed E-state index contributed by atoms with van der Waals surface area (Å²) in [5, 5.41) is 14.6. The molecule has 1 aromatic rings. The van der Waals surface area contributed by atoms with Crippen LogP contribution in [0.2, 0.25) is 0 Å². The summed E-state index contributed by atoms with van der Waals surface area (Å²) in [7, 11) is 0. The van der Waals surface area contributed by atoms with E-state index in [2.05, 4.69) is 5.32 Å². The van der Waals surface area contributed by atoms with Crippen molar-refractivity contribution >= 4 is 11.4 Å². The van der Waals surface area contributed by atoms with Crippen LogP contribution in [0.25, 0.3) is 0 Å². The third-order valence-electron chi connectivity index (χ3n) is 4.02. The van der Waals surface area contributed by atoms with Crippen LogP contribution in [0.15, 0.2) is 18.2 Å². The van der Waals surface area contributed by atoms with Crippen LogP contribution in [-0.4, -0.2) is 30.1 Å². The van der Waals surface area contributed by atoms with E-state index in [1.807, 2.05) is 4.90 Å². The minimum Gasteiger partial charge on any atom is -0.366 e. The van der Waals surface area contributed by atoms with Crippen LogP contribution in [0.4, 0.5) is 15.8 Å². The number of anilines is 1. The van der Waals surface area contributed by atoms with E-state index in [9.17, 15) is 14.5 Å². The van der Waals surface area contributed by atoms with Crippen LogP contribution < -0.4 is 10.2 Å². The highest BCUT2D eigenvalue weighted by Gasteiger charge is 2.29. The first-order valence-electron chi connectivity index (χ1n) is 7.08. The van der Waals surface area contributed by atoms with Gasteiger partial charge >= 0.3 is 0 Å². The molecule has 0 aromatic heterocycles. The molecule has 1 aromatic carbocycles. The van der Waals surface area contributed by atoms with E-state index in [-0.39, 0.29) is 5.69 Å². The molecule has 2 fully saturated rings. The van der Waals surface area contributed by atoms with E-state index in [4.69, 9.17) is 0 Å². The van der Waals surface area contributed by atoms with Gasteiger partial charge in [-0.15, -0.1) is 0 Å². The molecule has 1 aliphatic carbocycles. The predicted octanol–water partition coefficient (Wildman–Crippen LogP) is 2.45. The number of hydrogen-bond acceptors (Lipinski definition) is 4. The van der Waals surface area contributed by atoms with Crippen LogP contribution >= 0.6 is 0 Å². The van der Waals surface area contributed by atoms with Gasteiger partial charge in [-0.1, -0.05) is 0 Å². The zero-order valence-electron chi connectivity index (χ0n) is 11.2. The second-order valence-electron chi connectivity index (χ2n) is 5.59. The second kappa shape index (κ2) is 5.36. The highest BCUT2D eigenvalue weighted by atomic mass is 19.1. The van der Waals surface area contributed by atoms with Gasteiger partial charge in [-0.25, -0.2) is 4.39 Å². The predicted molar refractivity (Wildman–Crippen MR) is 74.4 cm³/mol. The van der Waals surface area contributed by atoms with Gasteiger partial charge in [0.15, 0.2) is 0 Å². The molecule has 0 bridgehead atoms. The lowest BCUT2D eigenvalue weighted by atomic mass is 10.0. The van der Waals surface area contributed by atoms with Crippen LogP contribution in [0.1, 0.15) is 25.7 Å². The summed E-state index contributed by atoms with van der Waals surface area (Å²) in [5.41, 5.74) is 0.389. The zero-order chi connectivity index (χ0) is 14.1. The molecule has 5 nitrogen and oxygen atoms in total. The summed E-state index contributed by atoms with van der Waals surface area (Å²) in [4.78, 5) is 12.5. The summed E-state index contributed by atoms with van der Waals surface area (Å²) in [6.07, 6.45) is 4.49. The van der Waals surface area contributed by atoms with Gasteiger partial charge in [0.25, 0.3) is 5.69 Å². The molecular formula is C14H18FN3O2. The standard InChI is InChI=1S/C14H18FN3O2/c15-10-1-4-13(14(9-10)18(19)20)17-7-5-12(6-8-17)16-11-2-3-11/h1,4,9,11-12,16H,2-3,5-8H2. The first kappa shape index (κ1) is 13.3. The van der Waals surface area contributed by atoms with Crippen LogP contribution in [0.5, 0.6) is 0 Å². The van der Waals surface area contributed by atoms with Crippen LogP contribution in [0, 0.1) is 15.9 Å².